The molecule has 1 aromatic heterocycles. The highest BCUT2D eigenvalue weighted by Gasteiger charge is 2.46. The molecule has 1 aliphatic carbocycles. The maximum Gasteiger partial charge on any atom is 0.136 e. The molecule has 100 valence electrons. The Kier molecular flexibility index (Phi) is 4.07. The second-order valence-corrected chi connectivity index (χ2v) is 8.66. The normalized spacial score (nSPS) is 20.3. The van der Waals surface area contributed by atoms with E-state index in [-0.39, 0.29) is 10.3 Å². The first-order valence-corrected chi connectivity index (χ1v) is 8.09. The van der Waals surface area contributed by atoms with Crippen molar-refractivity contribution in [2.75, 3.05) is 0 Å². The highest BCUT2D eigenvalue weighted by atomic mass is 79.9. The lowest BCUT2D eigenvalue weighted by atomic mass is 9.75. The number of hydrogen-bond donors (Lipinski definition) is 1. The van der Waals surface area contributed by atoms with Gasteiger partial charge in [-0.15, -0.1) is 4.72 Å². The van der Waals surface area contributed by atoms with Crippen molar-refractivity contribution in [1.29, 1.82) is 0 Å². The number of halogens is 1. The fourth-order valence-corrected chi connectivity index (χ4v) is 3.13. The van der Waals surface area contributed by atoms with Crippen LogP contribution in [0, 0.1) is 0 Å². The van der Waals surface area contributed by atoms with Gasteiger partial charge in [0.15, 0.2) is 0 Å². The van der Waals surface area contributed by atoms with Gasteiger partial charge in [-0.1, -0.05) is 0 Å². The zero-order valence-electron chi connectivity index (χ0n) is 11.0. The lowest BCUT2D eigenvalue weighted by Crippen LogP contribution is -2.55. The van der Waals surface area contributed by atoms with Crippen molar-refractivity contribution in [1.82, 2.24) is 9.71 Å². The van der Waals surface area contributed by atoms with E-state index >= 15 is 0 Å². The number of hydrogen-bond acceptors (Lipinski definition) is 3. The van der Waals surface area contributed by atoms with Crippen LogP contribution in [0.25, 0.3) is 0 Å². The summed E-state index contributed by atoms with van der Waals surface area (Å²) in [7, 11) is 0. The molecular formula is C13H19BrN2OS. The summed E-state index contributed by atoms with van der Waals surface area (Å²) in [5.41, 5.74) is 0.799. The Labute approximate surface area is 120 Å². The minimum Gasteiger partial charge on any atom is -0.598 e. The standard InChI is InChI=1S/C13H19BrN2OS/c1-12(2,3)18(17)16-13(7-4-8-13)11-6-5-10(14)9-15-11/h5-6,9,16H,4,7-8H2,1-3H3. The van der Waals surface area contributed by atoms with Gasteiger partial charge in [0.25, 0.3) is 0 Å². The van der Waals surface area contributed by atoms with Crippen LogP contribution in [0.4, 0.5) is 0 Å². The molecule has 1 atom stereocenters. The maximum absolute atomic E-state index is 12.3. The molecule has 0 aromatic carbocycles. The van der Waals surface area contributed by atoms with Crippen LogP contribution in [0.1, 0.15) is 45.7 Å². The quantitative estimate of drug-likeness (QED) is 0.865. The second kappa shape index (κ2) is 5.12. The van der Waals surface area contributed by atoms with E-state index in [0.717, 1.165) is 29.4 Å². The van der Waals surface area contributed by atoms with Crippen LogP contribution in [-0.4, -0.2) is 14.3 Å². The average Bonchev–Trinajstić information content (AvgIpc) is 2.23. The molecule has 3 nitrogen and oxygen atoms in total. The van der Waals surface area contributed by atoms with Crippen LogP contribution in [0.15, 0.2) is 22.8 Å². The van der Waals surface area contributed by atoms with Gasteiger partial charge < -0.3 is 4.55 Å². The van der Waals surface area contributed by atoms with Crippen LogP contribution in [-0.2, 0) is 16.9 Å². The van der Waals surface area contributed by atoms with Crippen molar-refractivity contribution in [2.24, 2.45) is 0 Å². The molecule has 1 aliphatic rings. The van der Waals surface area contributed by atoms with Crippen molar-refractivity contribution in [3.8, 4) is 0 Å². The van der Waals surface area contributed by atoms with E-state index in [0.29, 0.717) is 0 Å². The van der Waals surface area contributed by atoms with Gasteiger partial charge in [0.2, 0.25) is 0 Å². The van der Waals surface area contributed by atoms with Gasteiger partial charge in [-0.2, -0.15) is 0 Å². The zero-order valence-corrected chi connectivity index (χ0v) is 13.4. The van der Waals surface area contributed by atoms with Crippen LogP contribution in [0.3, 0.4) is 0 Å². The topological polar surface area (TPSA) is 48.0 Å². The summed E-state index contributed by atoms with van der Waals surface area (Å²) in [6.07, 6.45) is 4.97. The van der Waals surface area contributed by atoms with E-state index in [1.807, 2.05) is 32.9 Å². The molecule has 1 N–H and O–H groups in total. The Hall–Kier alpha value is -0.100. The summed E-state index contributed by atoms with van der Waals surface area (Å²) in [6.45, 7) is 5.95. The largest absolute Gasteiger partial charge is 0.598 e. The SMILES string of the molecule is CC(C)(C)[S+]([O-])NC1(c2ccc(Br)cn2)CCC1. The van der Waals surface area contributed by atoms with Crippen molar-refractivity contribution in [2.45, 2.75) is 50.3 Å². The van der Waals surface area contributed by atoms with Gasteiger partial charge in [0, 0.05) is 22.0 Å². The third kappa shape index (κ3) is 2.90. The molecule has 0 aliphatic heterocycles. The molecule has 0 spiro atoms. The van der Waals surface area contributed by atoms with Crippen molar-refractivity contribution in [3.05, 3.63) is 28.5 Å². The zero-order chi connectivity index (χ0) is 13.4. The molecular weight excluding hydrogens is 312 g/mol. The molecule has 5 heteroatoms. The number of nitrogens with zero attached hydrogens (tertiary/aromatic N) is 1. The van der Waals surface area contributed by atoms with E-state index in [2.05, 4.69) is 25.6 Å². The third-order valence-corrected chi connectivity index (χ3v) is 5.43. The lowest BCUT2D eigenvalue weighted by Gasteiger charge is -2.43. The van der Waals surface area contributed by atoms with Gasteiger partial charge in [-0.25, -0.2) is 0 Å². The summed E-state index contributed by atoms with van der Waals surface area (Å²) in [5, 5.41) is 0. The molecule has 0 radical (unpaired) electrons. The Balaban J connectivity index is 2.18. The van der Waals surface area contributed by atoms with Gasteiger partial charge >= 0.3 is 0 Å². The first-order chi connectivity index (χ1) is 8.33. The highest BCUT2D eigenvalue weighted by molar-refractivity contribution is 9.10. The third-order valence-electron chi connectivity index (χ3n) is 3.27. The Morgan fingerprint density at radius 1 is 1.39 bits per heavy atom. The summed E-state index contributed by atoms with van der Waals surface area (Å²) in [6, 6.07) is 4.00. The van der Waals surface area contributed by atoms with E-state index in [1.54, 1.807) is 6.20 Å². The fraction of sp³-hybridized carbons (Fsp3) is 0.615. The summed E-state index contributed by atoms with van der Waals surface area (Å²) in [4.78, 5) is 4.46. The Morgan fingerprint density at radius 2 is 2.06 bits per heavy atom. The number of nitrogens with one attached hydrogen (secondary N) is 1. The number of pyridine rings is 1. The van der Waals surface area contributed by atoms with Gasteiger partial charge in [0.1, 0.15) is 10.3 Å². The Morgan fingerprint density at radius 3 is 2.44 bits per heavy atom. The molecule has 0 amide bonds. The highest BCUT2D eigenvalue weighted by Crippen LogP contribution is 2.42. The minimum absolute atomic E-state index is 0.196. The molecule has 1 unspecified atom stereocenters. The van der Waals surface area contributed by atoms with E-state index < -0.39 is 11.4 Å². The van der Waals surface area contributed by atoms with Crippen LogP contribution < -0.4 is 4.72 Å². The van der Waals surface area contributed by atoms with Gasteiger partial charge in [-0.3, -0.25) is 4.98 Å². The molecule has 2 rings (SSSR count). The molecule has 0 saturated heterocycles. The molecule has 1 saturated carbocycles. The van der Waals surface area contributed by atoms with Crippen molar-refractivity contribution >= 4 is 27.3 Å². The first kappa shape index (κ1) is 14.3. The summed E-state index contributed by atoms with van der Waals surface area (Å²) < 4.78 is 16.3. The molecule has 1 fully saturated rings. The molecule has 18 heavy (non-hydrogen) atoms. The van der Waals surface area contributed by atoms with Crippen LogP contribution in [0.2, 0.25) is 0 Å². The van der Waals surface area contributed by atoms with E-state index in [9.17, 15) is 4.55 Å². The number of rotatable bonds is 3. The van der Waals surface area contributed by atoms with E-state index in [4.69, 9.17) is 0 Å². The predicted octanol–water partition coefficient (Wildman–Crippen LogP) is 3.28. The van der Waals surface area contributed by atoms with Crippen molar-refractivity contribution in [3.63, 3.8) is 0 Å². The van der Waals surface area contributed by atoms with Gasteiger partial charge in [-0.05, 0) is 68.1 Å². The van der Waals surface area contributed by atoms with E-state index in [1.165, 1.54) is 0 Å². The predicted molar refractivity (Wildman–Crippen MR) is 78.5 cm³/mol. The maximum atomic E-state index is 12.3. The molecule has 0 bridgehead atoms. The monoisotopic (exact) mass is 330 g/mol. The molecule has 1 heterocycles. The average molecular weight is 331 g/mol. The second-order valence-electron chi connectivity index (χ2n) is 5.78. The first-order valence-electron chi connectivity index (χ1n) is 6.15. The lowest BCUT2D eigenvalue weighted by molar-refractivity contribution is 0.216. The van der Waals surface area contributed by atoms with Gasteiger partial charge in [0.05, 0.1) is 5.69 Å². The summed E-state index contributed by atoms with van der Waals surface area (Å²) in [5.74, 6) is 0. The fourth-order valence-electron chi connectivity index (χ4n) is 1.93. The van der Waals surface area contributed by atoms with Crippen LogP contribution in [0.5, 0.6) is 0 Å². The minimum atomic E-state index is -1.06. The van der Waals surface area contributed by atoms with Crippen molar-refractivity contribution < 1.29 is 4.55 Å². The Bertz CT molecular complexity index is 412. The summed E-state index contributed by atoms with van der Waals surface area (Å²) >= 11 is 2.33. The molecule has 1 aromatic rings. The number of aromatic nitrogens is 1. The van der Waals surface area contributed by atoms with Crippen LogP contribution >= 0.6 is 15.9 Å². The smallest absolute Gasteiger partial charge is 0.136 e.